The number of hydrogen-bond donors (Lipinski definition) is 5. The van der Waals surface area contributed by atoms with Crippen molar-refractivity contribution >= 4 is 0 Å². The Bertz CT molecular complexity index is 153. The van der Waals surface area contributed by atoms with Crippen molar-refractivity contribution in [2.45, 2.75) is 37.2 Å². The standard InChI is InChI=1S/C8H17NO4/c10-3-1-2-5-7(12)8(13)6(11)4-9-5/h5-13H,1-4H2/t5-,6-,7-,8+/m1/s1. The van der Waals surface area contributed by atoms with Crippen LogP contribution in [0.2, 0.25) is 0 Å². The van der Waals surface area contributed by atoms with Gasteiger partial charge in [0.1, 0.15) is 6.10 Å². The second kappa shape index (κ2) is 4.88. The monoisotopic (exact) mass is 191 g/mol. The van der Waals surface area contributed by atoms with Gasteiger partial charge in [-0.25, -0.2) is 0 Å². The molecule has 5 N–H and O–H groups in total. The molecule has 0 amide bonds. The van der Waals surface area contributed by atoms with Crippen molar-refractivity contribution in [2.75, 3.05) is 13.2 Å². The molecule has 1 rings (SSSR count). The normalized spacial score (nSPS) is 40.6. The third kappa shape index (κ3) is 2.62. The van der Waals surface area contributed by atoms with E-state index in [0.717, 1.165) is 0 Å². The number of aliphatic hydroxyl groups is 4. The van der Waals surface area contributed by atoms with E-state index in [0.29, 0.717) is 12.8 Å². The summed E-state index contributed by atoms with van der Waals surface area (Å²) in [7, 11) is 0. The van der Waals surface area contributed by atoms with Crippen molar-refractivity contribution in [2.24, 2.45) is 0 Å². The Hall–Kier alpha value is -0.200. The van der Waals surface area contributed by atoms with Crippen LogP contribution in [0, 0.1) is 0 Å². The molecule has 1 saturated heterocycles. The molecule has 0 radical (unpaired) electrons. The van der Waals surface area contributed by atoms with E-state index in [9.17, 15) is 10.2 Å². The highest BCUT2D eigenvalue weighted by Crippen LogP contribution is 2.14. The number of nitrogens with one attached hydrogen (secondary N) is 1. The molecule has 1 aliphatic rings. The minimum absolute atomic E-state index is 0.0730. The maximum absolute atomic E-state index is 9.48. The number of rotatable bonds is 3. The van der Waals surface area contributed by atoms with Crippen LogP contribution in [0.25, 0.3) is 0 Å². The Morgan fingerprint density at radius 3 is 2.46 bits per heavy atom. The molecule has 78 valence electrons. The summed E-state index contributed by atoms with van der Waals surface area (Å²) < 4.78 is 0. The zero-order valence-corrected chi connectivity index (χ0v) is 7.43. The number of piperidine rings is 1. The summed E-state index contributed by atoms with van der Waals surface area (Å²) in [6.45, 7) is 0.359. The lowest BCUT2D eigenvalue weighted by Crippen LogP contribution is -2.59. The lowest BCUT2D eigenvalue weighted by molar-refractivity contribution is -0.0955. The Morgan fingerprint density at radius 2 is 1.85 bits per heavy atom. The maximum Gasteiger partial charge on any atom is 0.108 e. The van der Waals surface area contributed by atoms with Crippen LogP contribution in [0.1, 0.15) is 12.8 Å². The molecule has 0 aliphatic carbocycles. The predicted molar refractivity (Wildman–Crippen MR) is 46.1 cm³/mol. The van der Waals surface area contributed by atoms with Crippen LogP contribution >= 0.6 is 0 Å². The summed E-state index contributed by atoms with van der Waals surface area (Å²) >= 11 is 0. The molecule has 5 heteroatoms. The first-order valence-electron chi connectivity index (χ1n) is 4.55. The van der Waals surface area contributed by atoms with E-state index in [1.165, 1.54) is 0 Å². The fraction of sp³-hybridized carbons (Fsp3) is 1.00. The van der Waals surface area contributed by atoms with Crippen molar-refractivity contribution in [1.29, 1.82) is 0 Å². The molecule has 5 nitrogen and oxygen atoms in total. The molecule has 0 aromatic rings. The lowest BCUT2D eigenvalue weighted by Gasteiger charge is -2.36. The molecule has 0 unspecified atom stereocenters. The minimum atomic E-state index is -1.08. The van der Waals surface area contributed by atoms with Gasteiger partial charge in [0.15, 0.2) is 0 Å². The van der Waals surface area contributed by atoms with Crippen molar-refractivity contribution < 1.29 is 20.4 Å². The van der Waals surface area contributed by atoms with Crippen LogP contribution in [0.5, 0.6) is 0 Å². The molecule has 13 heavy (non-hydrogen) atoms. The zero-order chi connectivity index (χ0) is 9.84. The Balaban J connectivity index is 2.39. The second-order valence-corrected chi connectivity index (χ2v) is 3.43. The van der Waals surface area contributed by atoms with Crippen LogP contribution in [0.15, 0.2) is 0 Å². The summed E-state index contributed by atoms with van der Waals surface area (Å²) in [5.41, 5.74) is 0. The molecule has 0 bridgehead atoms. The van der Waals surface area contributed by atoms with Gasteiger partial charge in [-0.2, -0.15) is 0 Å². The fourth-order valence-electron chi connectivity index (χ4n) is 1.56. The molecule has 0 aromatic carbocycles. The summed E-state index contributed by atoms with van der Waals surface area (Å²) in [5, 5.41) is 39.5. The molecular formula is C8H17NO4. The van der Waals surface area contributed by atoms with E-state index < -0.39 is 18.3 Å². The third-order valence-corrected chi connectivity index (χ3v) is 2.42. The van der Waals surface area contributed by atoms with Crippen LogP contribution in [0.4, 0.5) is 0 Å². The van der Waals surface area contributed by atoms with Crippen LogP contribution < -0.4 is 5.32 Å². The summed E-state index contributed by atoms with van der Waals surface area (Å²) in [6.07, 6.45) is -1.75. The van der Waals surface area contributed by atoms with Gasteiger partial charge in [-0.15, -0.1) is 0 Å². The predicted octanol–water partition coefficient (Wildman–Crippen LogP) is -2.19. The van der Waals surface area contributed by atoms with Gasteiger partial charge in [-0.05, 0) is 12.8 Å². The Labute approximate surface area is 77.0 Å². The highest BCUT2D eigenvalue weighted by atomic mass is 16.4. The molecule has 0 aromatic heterocycles. The average Bonchev–Trinajstić information content (AvgIpc) is 2.13. The third-order valence-electron chi connectivity index (χ3n) is 2.42. The zero-order valence-electron chi connectivity index (χ0n) is 7.43. The quantitative estimate of drug-likeness (QED) is 0.349. The largest absolute Gasteiger partial charge is 0.396 e. The first kappa shape index (κ1) is 10.9. The SMILES string of the molecule is OCCC[C@H]1NC[C@@H](O)[C@H](O)[C@@H]1O. The maximum atomic E-state index is 9.48. The van der Waals surface area contributed by atoms with Gasteiger partial charge in [0, 0.05) is 19.2 Å². The van der Waals surface area contributed by atoms with E-state index in [4.69, 9.17) is 10.2 Å². The topological polar surface area (TPSA) is 93.0 Å². The molecular weight excluding hydrogens is 174 g/mol. The van der Waals surface area contributed by atoms with Gasteiger partial charge < -0.3 is 25.7 Å². The minimum Gasteiger partial charge on any atom is -0.396 e. The fourth-order valence-corrected chi connectivity index (χ4v) is 1.56. The Morgan fingerprint density at radius 1 is 1.15 bits per heavy atom. The van der Waals surface area contributed by atoms with Gasteiger partial charge in [0.05, 0.1) is 12.2 Å². The van der Waals surface area contributed by atoms with E-state index in [2.05, 4.69) is 5.32 Å². The van der Waals surface area contributed by atoms with Gasteiger partial charge in [-0.3, -0.25) is 0 Å². The Kier molecular flexibility index (Phi) is 4.08. The van der Waals surface area contributed by atoms with Crippen molar-refractivity contribution in [3.05, 3.63) is 0 Å². The smallest absolute Gasteiger partial charge is 0.108 e. The number of aliphatic hydroxyl groups excluding tert-OH is 4. The lowest BCUT2D eigenvalue weighted by atomic mass is 9.93. The summed E-state index contributed by atoms with van der Waals surface area (Å²) in [5.74, 6) is 0. The van der Waals surface area contributed by atoms with Gasteiger partial charge in [-0.1, -0.05) is 0 Å². The second-order valence-electron chi connectivity index (χ2n) is 3.43. The average molecular weight is 191 g/mol. The van der Waals surface area contributed by atoms with Crippen LogP contribution in [-0.2, 0) is 0 Å². The van der Waals surface area contributed by atoms with E-state index in [-0.39, 0.29) is 19.2 Å². The molecule has 1 aliphatic heterocycles. The highest BCUT2D eigenvalue weighted by Gasteiger charge is 2.35. The van der Waals surface area contributed by atoms with Crippen LogP contribution in [-0.4, -0.2) is 57.9 Å². The molecule has 0 spiro atoms. The highest BCUT2D eigenvalue weighted by molar-refractivity contribution is 4.91. The van der Waals surface area contributed by atoms with Crippen molar-refractivity contribution in [1.82, 2.24) is 5.32 Å². The molecule has 4 atom stereocenters. The van der Waals surface area contributed by atoms with Gasteiger partial charge >= 0.3 is 0 Å². The van der Waals surface area contributed by atoms with E-state index >= 15 is 0 Å². The van der Waals surface area contributed by atoms with Crippen molar-refractivity contribution in [3.8, 4) is 0 Å². The van der Waals surface area contributed by atoms with E-state index in [1.54, 1.807) is 0 Å². The first-order chi connectivity index (χ1) is 6.16. The first-order valence-corrected chi connectivity index (χ1v) is 4.55. The van der Waals surface area contributed by atoms with Crippen LogP contribution in [0.3, 0.4) is 0 Å². The number of hydrogen-bond acceptors (Lipinski definition) is 5. The molecule has 1 fully saturated rings. The van der Waals surface area contributed by atoms with Gasteiger partial charge in [0.2, 0.25) is 0 Å². The van der Waals surface area contributed by atoms with E-state index in [1.807, 2.05) is 0 Å². The molecule has 0 saturated carbocycles. The van der Waals surface area contributed by atoms with Crippen molar-refractivity contribution in [3.63, 3.8) is 0 Å². The summed E-state index contributed by atoms with van der Waals surface area (Å²) in [4.78, 5) is 0. The molecule has 1 heterocycles. The summed E-state index contributed by atoms with van der Waals surface area (Å²) in [6, 6.07) is -0.231. The van der Waals surface area contributed by atoms with Gasteiger partial charge in [0.25, 0.3) is 0 Å². The number of β-amino-alcohol motifs (C(OH)–C–C–N with tert-alkyl or cyclic N) is 1.